The van der Waals surface area contributed by atoms with Gasteiger partial charge in [0.15, 0.2) is 0 Å². The van der Waals surface area contributed by atoms with Crippen LogP contribution < -0.4 is 5.32 Å². The van der Waals surface area contributed by atoms with E-state index in [1.165, 1.54) is 11.3 Å². The van der Waals surface area contributed by atoms with Crippen molar-refractivity contribution >= 4 is 39.1 Å². The number of nitrogens with one attached hydrogen (secondary N) is 1. The second-order valence-electron chi connectivity index (χ2n) is 4.91. The first-order valence-electron chi connectivity index (χ1n) is 6.82. The molecular formula is C16H16BrNO3S. The minimum absolute atomic E-state index is 0.135. The number of thiophene rings is 1. The molecule has 6 heteroatoms. The van der Waals surface area contributed by atoms with Crippen molar-refractivity contribution in [1.82, 2.24) is 5.32 Å². The Morgan fingerprint density at radius 3 is 2.50 bits per heavy atom. The predicted molar refractivity (Wildman–Crippen MR) is 90.0 cm³/mol. The SMILES string of the molecule is O=C(Cc1ccc(Br)s1)NCC(Cc1ccccc1)C(=O)O. The molecule has 0 aliphatic rings. The smallest absolute Gasteiger partial charge is 0.308 e. The molecule has 0 fully saturated rings. The van der Waals surface area contributed by atoms with Crippen molar-refractivity contribution in [2.75, 3.05) is 6.54 Å². The Balaban J connectivity index is 1.86. The van der Waals surface area contributed by atoms with Crippen molar-refractivity contribution in [3.05, 3.63) is 56.7 Å². The summed E-state index contributed by atoms with van der Waals surface area (Å²) < 4.78 is 0.975. The van der Waals surface area contributed by atoms with Crippen molar-refractivity contribution < 1.29 is 14.7 Å². The second-order valence-corrected chi connectivity index (χ2v) is 7.46. The molecule has 116 valence electrons. The number of carboxylic acids is 1. The average Bonchev–Trinajstić information content (AvgIpc) is 2.89. The van der Waals surface area contributed by atoms with Crippen molar-refractivity contribution in [2.45, 2.75) is 12.8 Å². The number of aliphatic carboxylic acids is 1. The highest BCUT2D eigenvalue weighted by Gasteiger charge is 2.19. The summed E-state index contributed by atoms with van der Waals surface area (Å²) in [5.74, 6) is -1.68. The molecule has 1 unspecified atom stereocenters. The Hall–Kier alpha value is -1.66. The quantitative estimate of drug-likeness (QED) is 0.774. The molecule has 1 amide bonds. The lowest BCUT2D eigenvalue weighted by Gasteiger charge is -2.13. The Labute approximate surface area is 141 Å². The highest BCUT2D eigenvalue weighted by molar-refractivity contribution is 9.11. The molecule has 0 bridgehead atoms. The first-order valence-corrected chi connectivity index (χ1v) is 8.43. The lowest BCUT2D eigenvalue weighted by Crippen LogP contribution is -2.34. The largest absolute Gasteiger partial charge is 0.481 e. The van der Waals surface area contributed by atoms with Crippen LogP contribution in [0.1, 0.15) is 10.4 Å². The number of rotatable bonds is 7. The Morgan fingerprint density at radius 2 is 1.91 bits per heavy atom. The Bertz CT molecular complexity index is 642. The van der Waals surface area contributed by atoms with Crippen LogP contribution in [0.3, 0.4) is 0 Å². The number of carbonyl (C=O) groups excluding carboxylic acids is 1. The van der Waals surface area contributed by atoms with Gasteiger partial charge in [-0.05, 0) is 40.0 Å². The van der Waals surface area contributed by atoms with Gasteiger partial charge in [-0.3, -0.25) is 9.59 Å². The van der Waals surface area contributed by atoms with Crippen LogP contribution in [0.2, 0.25) is 0 Å². The molecular weight excluding hydrogens is 366 g/mol. The molecule has 0 saturated heterocycles. The number of carboxylic acid groups (broad SMARTS) is 1. The van der Waals surface area contributed by atoms with E-state index < -0.39 is 11.9 Å². The lowest BCUT2D eigenvalue weighted by atomic mass is 9.99. The second kappa shape index (κ2) is 8.10. The maximum atomic E-state index is 11.9. The lowest BCUT2D eigenvalue weighted by molar-refractivity contribution is -0.141. The molecule has 0 aliphatic heterocycles. The van der Waals surface area contributed by atoms with Gasteiger partial charge in [0.05, 0.1) is 16.1 Å². The standard InChI is InChI=1S/C16H16BrNO3S/c17-14-7-6-13(22-14)9-15(19)18-10-12(16(20)21)8-11-4-2-1-3-5-11/h1-7,12H,8-10H2,(H,18,19)(H,20,21). The highest BCUT2D eigenvalue weighted by atomic mass is 79.9. The van der Waals surface area contributed by atoms with E-state index >= 15 is 0 Å². The number of carbonyl (C=O) groups is 2. The Morgan fingerprint density at radius 1 is 1.18 bits per heavy atom. The molecule has 1 atom stereocenters. The van der Waals surface area contributed by atoms with Crippen molar-refractivity contribution in [3.63, 3.8) is 0 Å². The van der Waals surface area contributed by atoms with Crippen LogP contribution in [-0.2, 0) is 22.4 Å². The Kier molecular flexibility index (Phi) is 6.15. The van der Waals surface area contributed by atoms with E-state index in [4.69, 9.17) is 0 Å². The van der Waals surface area contributed by atoms with E-state index in [2.05, 4.69) is 21.2 Å². The topological polar surface area (TPSA) is 66.4 Å². The normalized spacial score (nSPS) is 11.9. The van der Waals surface area contributed by atoms with Gasteiger partial charge in [-0.2, -0.15) is 0 Å². The molecule has 0 spiro atoms. The van der Waals surface area contributed by atoms with Crippen LogP contribution in [0.15, 0.2) is 46.3 Å². The van der Waals surface area contributed by atoms with Gasteiger partial charge in [0, 0.05) is 11.4 Å². The minimum atomic E-state index is -0.900. The van der Waals surface area contributed by atoms with Crippen LogP contribution in [0.5, 0.6) is 0 Å². The van der Waals surface area contributed by atoms with Gasteiger partial charge >= 0.3 is 5.97 Å². The summed E-state index contributed by atoms with van der Waals surface area (Å²) in [4.78, 5) is 24.2. The summed E-state index contributed by atoms with van der Waals surface area (Å²) >= 11 is 4.85. The fourth-order valence-electron chi connectivity index (χ4n) is 2.05. The highest BCUT2D eigenvalue weighted by Crippen LogP contribution is 2.22. The van der Waals surface area contributed by atoms with Gasteiger partial charge in [0.2, 0.25) is 5.91 Å². The predicted octanol–water partition coefficient (Wildman–Crippen LogP) is 3.11. The molecule has 2 aromatic rings. The van der Waals surface area contributed by atoms with Crippen molar-refractivity contribution in [1.29, 1.82) is 0 Å². The average molecular weight is 382 g/mol. The zero-order chi connectivity index (χ0) is 15.9. The summed E-state index contributed by atoms with van der Waals surface area (Å²) in [5.41, 5.74) is 0.950. The monoisotopic (exact) mass is 381 g/mol. The van der Waals surface area contributed by atoms with E-state index in [0.717, 1.165) is 14.2 Å². The van der Waals surface area contributed by atoms with Crippen molar-refractivity contribution in [3.8, 4) is 0 Å². The first-order chi connectivity index (χ1) is 10.5. The van der Waals surface area contributed by atoms with Gasteiger partial charge < -0.3 is 10.4 Å². The zero-order valence-electron chi connectivity index (χ0n) is 11.8. The zero-order valence-corrected chi connectivity index (χ0v) is 14.2. The maximum absolute atomic E-state index is 11.9. The van der Waals surface area contributed by atoms with Gasteiger partial charge in [-0.1, -0.05) is 30.3 Å². The maximum Gasteiger partial charge on any atom is 0.308 e. The molecule has 22 heavy (non-hydrogen) atoms. The van der Waals surface area contributed by atoms with Gasteiger partial charge in [0.25, 0.3) is 0 Å². The van der Waals surface area contributed by atoms with E-state index in [9.17, 15) is 14.7 Å². The van der Waals surface area contributed by atoms with Gasteiger partial charge in [0.1, 0.15) is 0 Å². The van der Waals surface area contributed by atoms with E-state index in [0.29, 0.717) is 6.42 Å². The molecule has 1 aromatic carbocycles. The van der Waals surface area contributed by atoms with Crippen LogP contribution >= 0.6 is 27.3 Å². The van der Waals surface area contributed by atoms with Crippen LogP contribution in [0.25, 0.3) is 0 Å². The van der Waals surface area contributed by atoms with E-state index in [-0.39, 0.29) is 18.9 Å². The molecule has 0 saturated carbocycles. The first kappa shape index (κ1) is 16.7. The summed E-state index contributed by atoms with van der Waals surface area (Å²) in [6.07, 6.45) is 0.676. The summed E-state index contributed by atoms with van der Waals surface area (Å²) in [5, 5.41) is 12.0. The molecule has 1 aromatic heterocycles. The van der Waals surface area contributed by atoms with Crippen LogP contribution in [0, 0.1) is 5.92 Å². The molecule has 0 radical (unpaired) electrons. The van der Waals surface area contributed by atoms with E-state index in [1.54, 1.807) is 0 Å². The summed E-state index contributed by atoms with van der Waals surface area (Å²) in [6, 6.07) is 13.2. The van der Waals surface area contributed by atoms with Crippen molar-refractivity contribution in [2.24, 2.45) is 5.92 Å². The number of hydrogen-bond donors (Lipinski definition) is 2. The minimum Gasteiger partial charge on any atom is -0.481 e. The molecule has 0 aliphatic carbocycles. The third kappa shape index (κ3) is 5.27. The van der Waals surface area contributed by atoms with Gasteiger partial charge in [-0.25, -0.2) is 0 Å². The van der Waals surface area contributed by atoms with Crippen LogP contribution in [-0.4, -0.2) is 23.5 Å². The molecule has 2 rings (SSSR count). The molecule has 2 N–H and O–H groups in total. The number of benzene rings is 1. The summed E-state index contributed by atoms with van der Waals surface area (Å²) in [6.45, 7) is 0.135. The van der Waals surface area contributed by atoms with E-state index in [1.807, 2.05) is 42.5 Å². The third-order valence-electron chi connectivity index (χ3n) is 3.18. The number of halogens is 1. The van der Waals surface area contributed by atoms with Gasteiger partial charge in [-0.15, -0.1) is 11.3 Å². The molecule has 1 heterocycles. The third-order valence-corrected chi connectivity index (χ3v) is 4.81. The number of amides is 1. The summed E-state index contributed by atoms with van der Waals surface area (Å²) in [7, 11) is 0. The fourth-order valence-corrected chi connectivity index (χ4v) is 3.53. The fraction of sp³-hybridized carbons (Fsp3) is 0.250. The van der Waals surface area contributed by atoms with Crippen LogP contribution in [0.4, 0.5) is 0 Å². The molecule has 4 nitrogen and oxygen atoms in total. The number of hydrogen-bond acceptors (Lipinski definition) is 3.